The van der Waals surface area contributed by atoms with Crippen LogP contribution in [0.1, 0.15) is 296 Å². The van der Waals surface area contributed by atoms with Crippen molar-refractivity contribution < 1.29 is 8.83 Å². The van der Waals surface area contributed by atoms with E-state index in [4.69, 9.17) is 8.83 Å². The fourth-order valence-electron chi connectivity index (χ4n) is 24.0. The van der Waals surface area contributed by atoms with E-state index in [1.165, 1.54) is 306 Å². The molecule has 0 spiro atoms. The third-order valence-electron chi connectivity index (χ3n) is 29.6. The van der Waals surface area contributed by atoms with Gasteiger partial charge in [-0.2, -0.15) is 0 Å². The van der Waals surface area contributed by atoms with E-state index in [-0.39, 0.29) is 27.1 Å². The molecule has 594 valence electrons. The molecule has 5 aliphatic rings. The molecular formula is C114H121NO2. The van der Waals surface area contributed by atoms with Crippen LogP contribution < -0.4 is 4.90 Å². The van der Waals surface area contributed by atoms with E-state index in [0.29, 0.717) is 0 Å². The Hall–Kier alpha value is -9.96. The molecule has 0 aliphatic heterocycles. The largest absolute Gasteiger partial charge is 0.455 e. The van der Waals surface area contributed by atoms with Gasteiger partial charge < -0.3 is 13.7 Å². The average Bonchev–Trinajstić information content (AvgIpc) is 1.52. The molecule has 3 nitrogen and oxygen atoms in total. The number of furan rings is 2. The summed E-state index contributed by atoms with van der Waals surface area (Å²) < 4.78 is 14.7. The van der Waals surface area contributed by atoms with Crippen molar-refractivity contribution in [2.24, 2.45) is 0 Å². The molecule has 0 unspecified atom stereocenters. The molecule has 0 saturated carbocycles. The van der Waals surface area contributed by atoms with Gasteiger partial charge in [-0.3, -0.25) is 0 Å². The topological polar surface area (TPSA) is 29.5 Å². The van der Waals surface area contributed by atoms with Crippen LogP contribution in [0.2, 0.25) is 0 Å². The molecular weight excluding hydrogens is 1420 g/mol. The van der Waals surface area contributed by atoms with Gasteiger partial charge in [0, 0.05) is 71.1 Å². The monoisotopic (exact) mass is 1540 g/mol. The van der Waals surface area contributed by atoms with Crippen LogP contribution >= 0.6 is 0 Å². The summed E-state index contributed by atoms with van der Waals surface area (Å²) in [5.41, 5.74) is 43.3. The van der Waals surface area contributed by atoms with Crippen molar-refractivity contribution in [1.82, 2.24) is 0 Å². The van der Waals surface area contributed by atoms with E-state index in [1.54, 1.807) is 11.1 Å². The molecule has 3 heteroatoms. The number of nitrogens with zero attached hydrogens (tertiary/aromatic N) is 1. The van der Waals surface area contributed by atoms with Crippen LogP contribution in [0.5, 0.6) is 0 Å². The number of benzene rings is 12. The van der Waals surface area contributed by atoms with Gasteiger partial charge in [0.05, 0.1) is 5.69 Å². The summed E-state index contributed by atoms with van der Waals surface area (Å²) >= 11 is 0. The van der Waals surface area contributed by atoms with Gasteiger partial charge in [0.2, 0.25) is 0 Å². The molecule has 0 bridgehead atoms. The van der Waals surface area contributed by atoms with Gasteiger partial charge in [-0.05, 0) is 241 Å². The predicted octanol–water partition coefficient (Wildman–Crippen LogP) is 34.1. The fraction of sp³-hybridized carbons (Fsp3) is 0.368. The van der Waals surface area contributed by atoms with E-state index in [2.05, 4.69) is 301 Å². The minimum atomic E-state index is -0.367. The van der Waals surface area contributed by atoms with Crippen LogP contribution in [0.15, 0.2) is 215 Å². The molecule has 117 heavy (non-hydrogen) atoms. The Morgan fingerprint density at radius 3 is 1.23 bits per heavy atom. The van der Waals surface area contributed by atoms with E-state index in [0.717, 1.165) is 48.0 Å². The van der Waals surface area contributed by atoms with Gasteiger partial charge in [0.15, 0.2) is 0 Å². The van der Waals surface area contributed by atoms with Crippen LogP contribution in [0, 0.1) is 20.8 Å². The molecule has 2 aromatic heterocycles. The maximum atomic E-state index is 7.51. The molecule has 14 aromatic rings. The number of hydrogen-bond donors (Lipinski definition) is 0. The van der Waals surface area contributed by atoms with Crippen molar-refractivity contribution in [3.05, 3.63) is 279 Å². The minimum Gasteiger partial charge on any atom is -0.455 e. The summed E-state index contributed by atoms with van der Waals surface area (Å²) in [5.74, 6) is 0. The van der Waals surface area contributed by atoms with Crippen molar-refractivity contribution in [1.29, 1.82) is 0 Å². The Morgan fingerprint density at radius 2 is 0.667 bits per heavy atom. The van der Waals surface area contributed by atoms with Crippen molar-refractivity contribution in [2.45, 2.75) is 271 Å². The van der Waals surface area contributed by atoms with Crippen molar-refractivity contribution in [2.75, 3.05) is 4.90 Å². The molecule has 0 N–H and O–H groups in total. The van der Waals surface area contributed by atoms with Crippen LogP contribution in [0.4, 0.5) is 17.1 Å². The molecule has 5 aliphatic carbocycles. The number of hydrogen-bond acceptors (Lipinski definition) is 3. The Balaban J connectivity index is 0.757. The second-order valence-corrected chi connectivity index (χ2v) is 38.1. The van der Waals surface area contributed by atoms with Crippen LogP contribution in [0.3, 0.4) is 0 Å². The lowest BCUT2D eigenvalue weighted by atomic mass is 9.70. The number of rotatable bonds is 29. The molecule has 0 saturated heterocycles. The second kappa shape index (κ2) is 30.1. The normalized spacial score (nSPS) is 15.4. The summed E-state index contributed by atoms with van der Waals surface area (Å²) in [5, 5.41) is 4.87. The lowest BCUT2D eigenvalue weighted by Gasteiger charge is -2.35. The molecule has 12 aromatic carbocycles. The lowest BCUT2D eigenvalue weighted by Crippen LogP contribution is -2.26. The first-order valence-corrected chi connectivity index (χ1v) is 45.7. The molecule has 0 radical (unpaired) electrons. The van der Waals surface area contributed by atoms with E-state index in [1.807, 2.05) is 0 Å². The first kappa shape index (κ1) is 77.0. The smallest absolute Gasteiger partial charge is 0.144 e. The van der Waals surface area contributed by atoms with Crippen molar-refractivity contribution in [3.8, 4) is 77.9 Å². The van der Waals surface area contributed by atoms with Crippen LogP contribution in [-0.2, 0) is 27.1 Å². The van der Waals surface area contributed by atoms with Gasteiger partial charge in [-0.1, -0.05) is 349 Å². The van der Waals surface area contributed by atoms with E-state index >= 15 is 0 Å². The van der Waals surface area contributed by atoms with Crippen LogP contribution in [0.25, 0.3) is 122 Å². The molecule has 0 amide bonds. The number of para-hydroxylation sites is 2. The predicted molar refractivity (Wildman–Crippen MR) is 499 cm³/mol. The number of aryl methyl sites for hydroxylation is 3. The zero-order valence-corrected chi connectivity index (χ0v) is 72.4. The highest BCUT2D eigenvalue weighted by Gasteiger charge is 2.51. The fourth-order valence-corrected chi connectivity index (χ4v) is 24.0. The van der Waals surface area contributed by atoms with E-state index < -0.39 is 0 Å². The average molecular weight is 1540 g/mol. The first-order valence-electron chi connectivity index (χ1n) is 45.7. The first-order chi connectivity index (χ1) is 56.9. The highest BCUT2D eigenvalue weighted by molar-refractivity contribution is 6.22. The quantitative estimate of drug-likeness (QED) is 0.0438. The number of unbranched alkanes of at least 4 members (excludes halogenated alkanes) is 16. The molecule has 2 heterocycles. The lowest BCUT2D eigenvalue weighted by molar-refractivity contribution is 0.399. The van der Waals surface area contributed by atoms with Crippen molar-refractivity contribution in [3.63, 3.8) is 0 Å². The van der Waals surface area contributed by atoms with Gasteiger partial charge >= 0.3 is 0 Å². The summed E-state index contributed by atoms with van der Waals surface area (Å²) in [7, 11) is 0. The van der Waals surface area contributed by atoms with Gasteiger partial charge in [-0.15, -0.1) is 0 Å². The number of fused-ring (bicyclic) bond motifs is 25. The summed E-state index contributed by atoms with van der Waals surface area (Å²) in [4.78, 5) is 2.68. The Morgan fingerprint density at radius 1 is 0.282 bits per heavy atom. The standard InChI is InChI=1S/C114H121NO2/c1-14-18-22-26-38-60-113(61-39-27-23-19-15-2)91-47-35-30-42-80(91)83-56-51-76(67-95(83)113)75-50-55-81-82-57-52-77(68-93(82)110(8,9)92(81)66-75)89-71-97-100(102-87-44-32-36-48-98(87)116-108(89)102)86-59-54-79(70-96(86)114(97,62-40-28-24-20-16-3)63-41-29-25-21-17-4)115(107-73(6)64-72(5)65-74(107)7)78-53-58-85-94(69-78)112(12,13)105-101(85)103-88-45-33-37-49-99(88)117-109(103)104-84-43-31-34-46-90(84)111(10,11)106(104)105/h30-37,42-59,64-71H,14-29,38-41,60-63H2,1-13H3. The molecule has 19 rings (SSSR count). The Labute approximate surface area is 697 Å². The zero-order valence-electron chi connectivity index (χ0n) is 72.4. The van der Waals surface area contributed by atoms with Crippen LogP contribution in [-0.4, -0.2) is 0 Å². The summed E-state index contributed by atoms with van der Waals surface area (Å²) in [6.07, 6.45) is 29.8. The Bertz CT molecular complexity index is 6200. The molecule has 0 atom stereocenters. The highest BCUT2D eigenvalue weighted by Crippen LogP contribution is 2.66. The summed E-state index contributed by atoms with van der Waals surface area (Å²) in [6, 6.07) is 81.9. The molecule has 0 fully saturated rings. The van der Waals surface area contributed by atoms with E-state index in [9.17, 15) is 0 Å². The number of anilines is 3. The zero-order chi connectivity index (χ0) is 80.4. The summed E-state index contributed by atoms with van der Waals surface area (Å²) in [6.45, 7) is 31.3. The van der Waals surface area contributed by atoms with Crippen molar-refractivity contribution >= 4 is 60.9 Å². The minimum absolute atomic E-state index is 0.0255. The van der Waals surface area contributed by atoms with Gasteiger partial charge in [-0.25, -0.2) is 0 Å². The Kier molecular flexibility index (Phi) is 19.8. The third kappa shape index (κ3) is 12.2. The maximum Gasteiger partial charge on any atom is 0.144 e. The highest BCUT2D eigenvalue weighted by atomic mass is 16.3. The maximum absolute atomic E-state index is 7.51. The third-order valence-corrected chi connectivity index (χ3v) is 29.6. The van der Waals surface area contributed by atoms with Gasteiger partial charge in [0.25, 0.3) is 0 Å². The SMILES string of the molecule is CCCCCCCC1(CCCCCCC)c2ccccc2-c2ccc(-c3ccc4c(c3)C(C)(C)c3cc(-c5cc6c(c7c5oc5ccccc57)-c5ccc(N(c7ccc8c(c7)C(C)(C)c7c9c(c%10oc%11ccccc%11c%10c7-8)-c7ccccc7C9(C)C)c7c(C)cc(C)cc7C)cc5C6(CCCCCCC)CCCCCCC)ccc3-4)cc21. The second-order valence-electron chi connectivity index (χ2n) is 38.1. The van der Waals surface area contributed by atoms with Gasteiger partial charge in [0.1, 0.15) is 22.3 Å².